The number of carbonyl (C=O) groups is 1. The Morgan fingerprint density at radius 3 is 2.29 bits per heavy atom. The van der Waals surface area contributed by atoms with Crippen molar-refractivity contribution in [3.8, 4) is 17.2 Å². The maximum absolute atomic E-state index is 12.7. The predicted molar refractivity (Wildman–Crippen MR) is 104 cm³/mol. The van der Waals surface area contributed by atoms with Gasteiger partial charge in [-0.25, -0.2) is 4.79 Å². The second kappa shape index (κ2) is 8.04. The van der Waals surface area contributed by atoms with E-state index in [1.165, 1.54) is 27.4 Å². The molecule has 7 nitrogen and oxygen atoms in total. The highest BCUT2D eigenvalue weighted by molar-refractivity contribution is 5.96. The molecule has 1 N–H and O–H groups in total. The van der Waals surface area contributed by atoms with Crippen LogP contribution in [0.15, 0.2) is 45.6 Å². The van der Waals surface area contributed by atoms with E-state index in [0.29, 0.717) is 34.0 Å². The molecule has 1 heterocycles. The number of nitrogens with one attached hydrogen (secondary N) is 1. The highest BCUT2D eigenvalue weighted by Gasteiger charge is 2.17. The number of ether oxygens (including phenoxy) is 3. The van der Waals surface area contributed by atoms with Crippen LogP contribution in [-0.4, -0.2) is 27.2 Å². The molecule has 0 aliphatic rings. The summed E-state index contributed by atoms with van der Waals surface area (Å²) >= 11 is 0. The van der Waals surface area contributed by atoms with Crippen molar-refractivity contribution in [2.45, 2.75) is 13.5 Å². The number of carbonyl (C=O) groups excluding carboxylic acids is 1. The topological polar surface area (TPSA) is 87.0 Å². The fourth-order valence-electron chi connectivity index (χ4n) is 2.98. The Morgan fingerprint density at radius 2 is 1.68 bits per heavy atom. The van der Waals surface area contributed by atoms with Crippen LogP contribution in [0.3, 0.4) is 0 Å². The molecule has 0 saturated carbocycles. The minimum absolute atomic E-state index is 0.168. The van der Waals surface area contributed by atoms with Crippen molar-refractivity contribution in [3.05, 3.63) is 63.5 Å². The number of benzene rings is 2. The third-order valence-corrected chi connectivity index (χ3v) is 4.35. The van der Waals surface area contributed by atoms with Gasteiger partial charge < -0.3 is 23.9 Å². The van der Waals surface area contributed by atoms with Crippen LogP contribution in [0, 0.1) is 6.92 Å². The molecule has 146 valence electrons. The molecule has 0 spiro atoms. The van der Waals surface area contributed by atoms with Crippen molar-refractivity contribution < 1.29 is 23.4 Å². The molecule has 3 aromatic rings. The van der Waals surface area contributed by atoms with E-state index in [9.17, 15) is 9.59 Å². The summed E-state index contributed by atoms with van der Waals surface area (Å²) in [5.74, 6) is 0.832. The van der Waals surface area contributed by atoms with Gasteiger partial charge in [0.25, 0.3) is 5.91 Å². The van der Waals surface area contributed by atoms with Crippen LogP contribution in [0.25, 0.3) is 11.0 Å². The summed E-state index contributed by atoms with van der Waals surface area (Å²) in [4.78, 5) is 24.5. The third-order valence-electron chi connectivity index (χ3n) is 4.35. The Hall–Kier alpha value is -3.48. The lowest BCUT2D eigenvalue weighted by atomic mass is 10.1. The summed E-state index contributed by atoms with van der Waals surface area (Å²) < 4.78 is 21.0. The molecular weight excluding hydrogens is 362 g/mol. The lowest BCUT2D eigenvalue weighted by Crippen LogP contribution is -2.23. The molecular formula is C21H21NO6. The summed E-state index contributed by atoms with van der Waals surface area (Å²) in [5, 5.41) is 3.60. The monoisotopic (exact) mass is 383 g/mol. The molecule has 0 aliphatic carbocycles. The van der Waals surface area contributed by atoms with Crippen molar-refractivity contribution >= 4 is 16.9 Å². The number of amides is 1. The zero-order valence-corrected chi connectivity index (χ0v) is 16.1. The van der Waals surface area contributed by atoms with Gasteiger partial charge in [-0.3, -0.25) is 4.79 Å². The molecule has 7 heteroatoms. The summed E-state index contributed by atoms with van der Waals surface area (Å²) in [7, 11) is 4.46. The van der Waals surface area contributed by atoms with Crippen LogP contribution in [-0.2, 0) is 6.54 Å². The minimum Gasteiger partial charge on any atom is -0.493 e. The zero-order valence-electron chi connectivity index (χ0n) is 16.1. The largest absolute Gasteiger partial charge is 0.493 e. The fraction of sp³-hybridized carbons (Fsp3) is 0.238. The van der Waals surface area contributed by atoms with Crippen molar-refractivity contribution in [1.82, 2.24) is 5.32 Å². The molecule has 28 heavy (non-hydrogen) atoms. The van der Waals surface area contributed by atoms with E-state index in [-0.39, 0.29) is 12.5 Å². The van der Waals surface area contributed by atoms with Crippen LogP contribution >= 0.6 is 0 Å². The van der Waals surface area contributed by atoms with E-state index >= 15 is 0 Å². The molecule has 0 radical (unpaired) electrons. The SMILES string of the molecule is COc1cc(C(=O)NCc2cc(=O)oc3ccc(C)cc23)cc(OC)c1OC. The predicted octanol–water partition coefficient (Wildman–Crippen LogP) is 3.06. The highest BCUT2D eigenvalue weighted by atomic mass is 16.5. The van der Waals surface area contributed by atoms with Crippen molar-refractivity contribution in [2.75, 3.05) is 21.3 Å². The molecule has 3 rings (SSSR count). The Labute approximate surface area is 161 Å². The first-order chi connectivity index (χ1) is 13.5. The van der Waals surface area contributed by atoms with Crippen LogP contribution < -0.4 is 25.2 Å². The second-order valence-electron chi connectivity index (χ2n) is 6.19. The maximum atomic E-state index is 12.7. The van der Waals surface area contributed by atoms with Gasteiger partial charge in [-0.05, 0) is 36.8 Å². The van der Waals surface area contributed by atoms with Gasteiger partial charge in [-0.15, -0.1) is 0 Å². The molecule has 0 unspecified atom stereocenters. The molecule has 1 amide bonds. The van der Waals surface area contributed by atoms with E-state index in [1.54, 1.807) is 18.2 Å². The molecule has 0 aliphatic heterocycles. The second-order valence-corrected chi connectivity index (χ2v) is 6.19. The number of fused-ring (bicyclic) bond motifs is 1. The average molecular weight is 383 g/mol. The van der Waals surface area contributed by atoms with Gasteiger partial charge in [0.05, 0.1) is 21.3 Å². The van der Waals surface area contributed by atoms with Gasteiger partial charge in [-0.2, -0.15) is 0 Å². The van der Waals surface area contributed by atoms with Gasteiger partial charge in [0.2, 0.25) is 5.75 Å². The standard InChI is InChI=1S/C21H21NO6/c1-12-5-6-16-15(7-12)14(10-19(23)28-16)11-22-21(24)13-8-17(25-2)20(27-4)18(9-13)26-3/h5-10H,11H2,1-4H3,(H,22,24). The lowest BCUT2D eigenvalue weighted by Gasteiger charge is -2.14. The average Bonchev–Trinajstić information content (AvgIpc) is 2.70. The number of aryl methyl sites for hydroxylation is 1. The Morgan fingerprint density at radius 1 is 1.00 bits per heavy atom. The Balaban J connectivity index is 1.90. The number of rotatable bonds is 6. The maximum Gasteiger partial charge on any atom is 0.336 e. The minimum atomic E-state index is -0.464. The molecule has 0 bridgehead atoms. The Kier molecular flexibility index (Phi) is 5.54. The van der Waals surface area contributed by atoms with Gasteiger partial charge in [0.1, 0.15) is 5.58 Å². The van der Waals surface area contributed by atoms with Gasteiger partial charge in [0.15, 0.2) is 11.5 Å². The molecule has 1 aromatic heterocycles. The fourth-order valence-corrected chi connectivity index (χ4v) is 2.98. The van der Waals surface area contributed by atoms with Crippen molar-refractivity contribution in [2.24, 2.45) is 0 Å². The number of methoxy groups -OCH3 is 3. The van der Waals surface area contributed by atoms with Crippen molar-refractivity contribution in [1.29, 1.82) is 0 Å². The Bertz CT molecular complexity index is 1060. The first-order valence-corrected chi connectivity index (χ1v) is 8.58. The van der Waals surface area contributed by atoms with Gasteiger partial charge in [0, 0.05) is 23.6 Å². The molecule has 0 saturated heterocycles. The van der Waals surface area contributed by atoms with E-state index < -0.39 is 5.63 Å². The summed E-state index contributed by atoms with van der Waals surface area (Å²) in [6.07, 6.45) is 0. The van der Waals surface area contributed by atoms with E-state index in [1.807, 2.05) is 19.1 Å². The summed E-state index contributed by atoms with van der Waals surface area (Å²) in [6, 6.07) is 10.0. The van der Waals surface area contributed by atoms with Crippen LogP contribution in [0.4, 0.5) is 0 Å². The zero-order chi connectivity index (χ0) is 20.3. The first-order valence-electron chi connectivity index (χ1n) is 8.58. The van der Waals surface area contributed by atoms with Gasteiger partial charge >= 0.3 is 5.63 Å². The van der Waals surface area contributed by atoms with Crippen LogP contribution in [0.5, 0.6) is 17.2 Å². The van der Waals surface area contributed by atoms with Gasteiger partial charge in [-0.1, -0.05) is 11.6 Å². The summed E-state index contributed by atoms with van der Waals surface area (Å²) in [5.41, 5.74) is 2.07. The molecule has 2 aromatic carbocycles. The number of hydrogen-bond acceptors (Lipinski definition) is 6. The number of hydrogen-bond donors (Lipinski definition) is 1. The van der Waals surface area contributed by atoms with E-state index in [2.05, 4.69) is 5.32 Å². The quantitative estimate of drug-likeness (QED) is 0.659. The first kappa shape index (κ1) is 19.3. The normalized spacial score (nSPS) is 10.6. The lowest BCUT2D eigenvalue weighted by molar-refractivity contribution is 0.0950. The van der Waals surface area contributed by atoms with Crippen molar-refractivity contribution in [3.63, 3.8) is 0 Å². The summed E-state index contributed by atoms with van der Waals surface area (Å²) in [6.45, 7) is 2.11. The highest BCUT2D eigenvalue weighted by Crippen LogP contribution is 2.38. The van der Waals surface area contributed by atoms with Crippen LogP contribution in [0.1, 0.15) is 21.5 Å². The van der Waals surface area contributed by atoms with E-state index in [4.69, 9.17) is 18.6 Å². The third kappa shape index (κ3) is 3.78. The van der Waals surface area contributed by atoms with Crippen LogP contribution in [0.2, 0.25) is 0 Å². The smallest absolute Gasteiger partial charge is 0.336 e. The van der Waals surface area contributed by atoms with E-state index in [0.717, 1.165) is 10.9 Å². The molecule has 0 atom stereocenters. The molecule has 0 fully saturated rings.